The Balaban J connectivity index is 2.22. The van der Waals surface area contributed by atoms with E-state index >= 15 is 0 Å². The van der Waals surface area contributed by atoms with Crippen molar-refractivity contribution < 1.29 is 0 Å². The Kier molecular flexibility index (Phi) is 2.08. The predicted octanol–water partition coefficient (Wildman–Crippen LogP) is 4.64. The normalized spacial score (nSPS) is 44.8. The van der Waals surface area contributed by atoms with E-state index in [0.29, 0.717) is 16.2 Å². The number of hydrogen-bond acceptors (Lipinski definition) is 0. The van der Waals surface area contributed by atoms with Gasteiger partial charge in [-0.25, -0.2) is 0 Å². The first-order chi connectivity index (χ1) is 6.20. The van der Waals surface area contributed by atoms with E-state index in [1.807, 2.05) is 0 Å². The maximum Gasteiger partial charge on any atom is -0.0313 e. The molecule has 2 fully saturated rings. The lowest BCUT2D eigenvalue weighted by Gasteiger charge is -2.55. The van der Waals surface area contributed by atoms with Gasteiger partial charge in [0.15, 0.2) is 0 Å². The molecule has 2 bridgehead atoms. The molecule has 0 aromatic rings. The van der Waals surface area contributed by atoms with Crippen LogP contribution in [0.3, 0.4) is 0 Å². The molecule has 14 heavy (non-hydrogen) atoms. The summed E-state index contributed by atoms with van der Waals surface area (Å²) < 4.78 is 0. The highest BCUT2D eigenvalue weighted by molar-refractivity contribution is 4.99. The van der Waals surface area contributed by atoms with Gasteiger partial charge in [-0.1, -0.05) is 34.6 Å². The molecule has 2 saturated carbocycles. The van der Waals surface area contributed by atoms with Gasteiger partial charge in [0.25, 0.3) is 0 Å². The molecule has 0 N–H and O–H groups in total. The van der Waals surface area contributed by atoms with Crippen LogP contribution in [0.5, 0.6) is 0 Å². The highest BCUT2D eigenvalue weighted by atomic mass is 14.5. The third-order valence-corrected chi connectivity index (χ3v) is 4.27. The second-order valence-corrected chi connectivity index (χ2v) is 7.97. The standard InChI is InChI=1S/C14H26/c1-12(2)6-11-7-13(3,4)10-14(5,8-11)9-12/h11H,6-10H2,1-5H3. The fourth-order valence-electron chi connectivity index (χ4n) is 5.14. The average molecular weight is 194 g/mol. The monoisotopic (exact) mass is 194 g/mol. The third-order valence-electron chi connectivity index (χ3n) is 4.27. The largest absolute Gasteiger partial charge is 0.0599 e. The summed E-state index contributed by atoms with van der Waals surface area (Å²) in [5, 5.41) is 0. The summed E-state index contributed by atoms with van der Waals surface area (Å²) in [6.07, 6.45) is 7.32. The topological polar surface area (TPSA) is 0 Å². The zero-order valence-corrected chi connectivity index (χ0v) is 10.6. The summed E-state index contributed by atoms with van der Waals surface area (Å²) in [6, 6.07) is 0. The smallest absolute Gasteiger partial charge is 0.0313 e. The van der Waals surface area contributed by atoms with Crippen molar-refractivity contribution in [3.63, 3.8) is 0 Å². The third kappa shape index (κ3) is 1.99. The molecular formula is C14H26. The molecule has 82 valence electrons. The average Bonchev–Trinajstić information content (AvgIpc) is 1.71. The van der Waals surface area contributed by atoms with Gasteiger partial charge >= 0.3 is 0 Å². The first-order valence-electron chi connectivity index (χ1n) is 6.20. The van der Waals surface area contributed by atoms with E-state index in [1.165, 1.54) is 32.1 Å². The Morgan fingerprint density at radius 1 is 0.714 bits per heavy atom. The lowest BCUT2D eigenvalue weighted by Crippen LogP contribution is -2.44. The maximum absolute atomic E-state index is 2.53. The van der Waals surface area contributed by atoms with Gasteiger partial charge in [-0.3, -0.25) is 0 Å². The first-order valence-corrected chi connectivity index (χ1v) is 6.20. The predicted molar refractivity (Wildman–Crippen MR) is 62.2 cm³/mol. The Bertz CT molecular complexity index is 212. The summed E-state index contributed by atoms with van der Waals surface area (Å²) in [4.78, 5) is 0. The fourth-order valence-corrected chi connectivity index (χ4v) is 5.14. The van der Waals surface area contributed by atoms with Crippen LogP contribution >= 0.6 is 0 Å². The second-order valence-electron chi connectivity index (χ2n) is 7.97. The fraction of sp³-hybridized carbons (Fsp3) is 1.00. The van der Waals surface area contributed by atoms with Crippen molar-refractivity contribution in [1.29, 1.82) is 0 Å². The zero-order valence-electron chi connectivity index (χ0n) is 10.6. The SMILES string of the molecule is CC1(C)CC2CC(C)(C)CC(C)(C2)C1. The Morgan fingerprint density at radius 2 is 1.14 bits per heavy atom. The number of rotatable bonds is 0. The molecule has 0 radical (unpaired) electrons. The van der Waals surface area contributed by atoms with Gasteiger partial charge in [-0.05, 0) is 54.3 Å². The summed E-state index contributed by atoms with van der Waals surface area (Å²) in [7, 11) is 0. The van der Waals surface area contributed by atoms with Gasteiger partial charge in [0.2, 0.25) is 0 Å². The number of hydrogen-bond donors (Lipinski definition) is 0. The van der Waals surface area contributed by atoms with E-state index in [0.717, 1.165) is 5.92 Å². The molecule has 0 amide bonds. The summed E-state index contributed by atoms with van der Waals surface area (Å²) >= 11 is 0. The molecule has 0 aliphatic heterocycles. The van der Waals surface area contributed by atoms with Crippen LogP contribution in [-0.2, 0) is 0 Å². The lowest BCUT2D eigenvalue weighted by atomic mass is 9.50. The number of fused-ring (bicyclic) bond motifs is 2. The van der Waals surface area contributed by atoms with Gasteiger partial charge < -0.3 is 0 Å². The summed E-state index contributed by atoms with van der Waals surface area (Å²) in [6.45, 7) is 12.4. The van der Waals surface area contributed by atoms with Crippen LogP contribution < -0.4 is 0 Å². The van der Waals surface area contributed by atoms with Crippen molar-refractivity contribution in [3.8, 4) is 0 Å². The highest BCUT2D eigenvalue weighted by Crippen LogP contribution is 2.59. The van der Waals surface area contributed by atoms with Gasteiger partial charge in [0.1, 0.15) is 0 Å². The molecule has 0 heteroatoms. The molecule has 2 aliphatic rings. The van der Waals surface area contributed by atoms with Crippen molar-refractivity contribution in [1.82, 2.24) is 0 Å². The van der Waals surface area contributed by atoms with Crippen LogP contribution in [0.1, 0.15) is 66.7 Å². The van der Waals surface area contributed by atoms with Crippen molar-refractivity contribution in [3.05, 3.63) is 0 Å². The molecular weight excluding hydrogens is 168 g/mol. The van der Waals surface area contributed by atoms with E-state index in [4.69, 9.17) is 0 Å². The molecule has 0 aromatic heterocycles. The van der Waals surface area contributed by atoms with Crippen molar-refractivity contribution in [2.75, 3.05) is 0 Å². The van der Waals surface area contributed by atoms with Crippen molar-refractivity contribution in [2.45, 2.75) is 66.7 Å². The van der Waals surface area contributed by atoms with Gasteiger partial charge in [-0.15, -0.1) is 0 Å². The van der Waals surface area contributed by atoms with Crippen LogP contribution in [0.4, 0.5) is 0 Å². The summed E-state index contributed by atoms with van der Waals surface area (Å²) in [5.74, 6) is 1.01. The van der Waals surface area contributed by atoms with E-state index in [9.17, 15) is 0 Å². The minimum absolute atomic E-state index is 0.605. The molecule has 0 aromatic carbocycles. The van der Waals surface area contributed by atoms with Crippen LogP contribution in [-0.4, -0.2) is 0 Å². The Hall–Kier alpha value is 0. The quantitative estimate of drug-likeness (QED) is 0.527. The first kappa shape index (κ1) is 10.5. The van der Waals surface area contributed by atoms with Crippen LogP contribution in [0.25, 0.3) is 0 Å². The molecule has 2 aliphatic carbocycles. The summed E-state index contributed by atoms with van der Waals surface area (Å²) in [5.41, 5.74) is 1.86. The zero-order chi connectivity index (χ0) is 10.6. The highest BCUT2D eigenvalue weighted by Gasteiger charge is 2.48. The van der Waals surface area contributed by atoms with E-state index in [-0.39, 0.29) is 0 Å². The van der Waals surface area contributed by atoms with E-state index in [1.54, 1.807) is 0 Å². The molecule has 0 heterocycles. The molecule has 0 spiro atoms. The molecule has 2 rings (SSSR count). The van der Waals surface area contributed by atoms with Crippen LogP contribution in [0.15, 0.2) is 0 Å². The maximum atomic E-state index is 2.53. The molecule has 0 nitrogen and oxygen atoms in total. The van der Waals surface area contributed by atoms with Crippen molar-refractivity contribution in [2.24, 2.45) is 22.2 Å². The Morgan fingerprint density at radius 3 is 1.50 bits per heavy atom. The van der Waals surface area contributed by atoms with E-state index < -0.39 is 0 Å². The second kappa shape index (κ2) is 2.77. The van der Waals surface area contributed by atoms with Crippen molar-refractivity contribution >= 4 is 0 Å². The molecule has 0 saturated heterocycles. The molecule has 0 unspecified atom stereocenters. The van der Waals surface area contributed by atoms with E-state index in [2.05, 4.69) is 34.6 Å². The van der Waals surface area contributed by atoms with Gasteiger partial charge in [-0.2, -0.15) is 0 Å². The lowest BCUT2D eigenvalue weighted by molar-refractivity contribution is -0.0408. The molecule has 0 atom stereocenters. The van der Waals surface area contributed by atoms with Gasteiger partial charge in [0.05, 0.1) is 0 Å². The van der Waals surface area contributed by atoms with Crippen LogP contribution in [0, 0.1) is 22.2 Å². The van der Waals surface area contributed by atoms with Gasteiger partial charge in [0, 0.05) is 0 Å². The minimum Gasteiger partial charge on any atom is -0.0599 e. The Labute approximate surface area is 89.5 Å². The minimum atomic E-state index is 0.605. The van der Waals surface area contributed by atoms with Crippen LogP contribution in [0.2, 0.25) is 0 Å².